The zero-order chi connectivity index (χ0) is 11.9. The fraction of sp³-hybridized carbons (Fsp3) is 0.300. The highest BCUT2D eigenvalue weighted by atomic mass is 35.7. The topological polar surface area (TPSA) is 71.4 Å². The zero-order valence-electron chi connectivity index (χ0n) is 8.18. The maximum atomic E-state index is 11.3. The molecule has 0 aromatic heterocycles. The predicted molar refractivity (Wildman–Crippen MR) is 58.0 cm³/mol. The van der Waals surface area contributed by atoms with Crippen molar-refractivity contribution in [1.29, 1.82) is 0 Å². The van der Waals surface area contributed by atoms with Gasteiger partial charge in [0.2, 0.25) is 0 Å². The molecule has 0 amide bonds. The summed E-state index contributed by atoms with van der Waals surface area (Å²) in [6, 6.07) is 4.73. The van der Waals surface area contributed by atoms with Crippen LogP contribution in [0.25, 0.3) is 0 Å². The molecule has 1 aliphatic rings. The van der Waals surface area contributed by atoms with Crippen LogP contribution in [0.3, 0.4) is 0 Å². The summed E-state index contributed by atoms with van der Waals surface area (Å²) in [7, 11) is 1.50. The molecule has 6 heteroatoms. The summed E-state index contributed by atoms with van der Waals surface area (Å²) in [6.07, 6.45) is 0.595. The Morgan fingerprint density at radius 1 is 1.38 bits per heavy atom. The molecule has 1 aliphatic carbocycles. The minimum Gasteiger partial charge on any atom is -0.481 e. The van der Waals surface area contributed by atoms with Crippen LogP contribution in [-0.2, 0) is 26.7 Å². The molecule has 0 unspecified atom stereocenters. The molecule has 0 aliphatic heterocycles. The van der Waals surface area contributed by atoms with Gasteiger partial charge in [0, 0.05) is 10.7 Å². The molecule has 1 atom stereocenters. The first-order chi connectivity index (χ1) is 7.39. The smallest absolute Gasteiger partial charge is 0.307 e. The van der Waals surface area contributed by atoms with Crippen LogP contribution in [0.5, 0.6) is 0 Å². The van der Waals surface area contributed by atoms with Gasteiger partial charge in [0.1, 0.15) is 0 Å². The number of hydrogen-bond donors (Lipinski definition) is 1. The van der Waals surface area contributed by atoms with Crippen molar-refractivity contribution in [2.75, 3.05) is 0 Å². The lowest BCUT2D eigenvalue weighted by Crippen LogP contribution is -2.13. The zero-order valence-corrected chi connectivity index (χ0v) is 9.75. The van der Waals surface area contributed by atoms with Gasteiger partial charge in [0.05, 0.1) is 10.8 Å². The van der Waals surface area contributed by atoms with Crippen LogP contribution in [-0.4, -0.2) is 19.5 Å². The maximum Gasteiger partial charge on any atom is 0.307 e. The average molecular weight is 261 g/mol. The third kappa shape index (κ3) is 1.92. The Kier molecular flexibility index (Phi) is 2.67. The van der Waals surface area contributed by atoms with E-state index in [1.807, 2.05) is 0 Å². The second-order valence-corrected chi connectivity index (χ2v) is 6.31. The second kappa shape index (κ2) is 3.75. The van der Waals surface area contributed by atoms with E-state index in [0.29, 0.717) is 12.0 Å². The van der Waals surface area contributed by atoms with E-state index in [0.717, 1.165) is 5.56 Å². The molecule has 0 bridgehead atoms. The van der Waals surface area contributed by atoms with E-state index in [1.165, 1.54) is 6.07 Å². The van der Waals surface area contributed by atoms with Crippen molar-refractivity contribution in [3.63, 3.8) is 0 Å². The number of carboxylic acids is 1. The van der Waals surface area contributed by atoms with Crippen molar-refractivity contribution in [1.82, 2.24) is 0 Å². The van der Waals surface area contributed by atoms with Crippen molar-refractivity contribution < 1.29 is 18.3 Å². The molecule has 0 saturated heterocycles. The lowest BCUT2D eigenvalue weighted by molar-refractivity contribution is -0.141. The molecule has 2 rings (SSSR count). The summed E-state index contributed by atoms with van der Waals surface area (Å²) in [5, 5.41) is 8.90. The Morgan fingerprint density at radius 2 is 2.06 bits per heavy atom. The van der Waals surface area contributed by atoms with E-state index in [2.05, 4.69) is 0 Å². The van der Waals surface area contributed by atoms with Crippen molar-refractivity contribution >= 4 is 25.7 Å². The number of halogens is 1. The molecule has 0 saturated carbocycles. The van der Waals surface area contributed by atoms with Crippen LogP contribution in [0.1, 0.15) is 11.1 Å². The highest BCUT2D eigenvalue weighted by molar-refractivity contribution is 8.13. The molecule has 1 aromatic rings. The third-order valence-electron chi connectivity index (χ3n) is 2.76. The first-order valence-electron chi connectivity index (χ1n) is 4.68. The molecular weight excluding hydrogens is 252 g/mol. The maximum absolute atomic E-state index is 11.3. The fourth-order valence-electron chi connectivity index (χ4n) is 2.02. The van der Waals surface area contributed by atoms with Gasteiger partial charge in [-0.1, -0.05) is 12.1 Å². The van der Waals surface area contributed by atoms with Gasteiger partial charge < -0.3 is 5.11 Å². The lowest BCUT2D eigenvalue weighted by Gasteiger charge is -2.03. The summed E-state index contributed by atoms with van der Waals surface area (Å²) >= 11 is 0. The third-order valence-corrected chi connectivity index (χ3v) is 4.17. The molecule has 86 valence electrons. The molecule has 1 N–H and O–H groups in total. The highest BCUT2D eigenvalue weighted by Crippen LogP contribution is 2.33. The summed E-state index contributed by atoms with van der Waals surface area (Å²) in [4.78, 5) is 10.9. The van der Waals surface area contributed by atoms with Gasteiger partial charge in [-0.3, -0.25) is 4.79 Å². The van der Waals surface area contributed by atoms with Gasteiger partial charge in [0.25, 0.3) is 9.05 Å². The van der Waals surface area contributed by atoms with E-state index >= 15 is 0 Å². The van der Waals surface area contributed by atoms with Gasteiger partial charge in [-0.25, -0.2) is 8.42 Å². The molecule has 0 heterocycles. The number of aliphatic carboxylic acids is 1. The molecule has 16 heavy (non-hydrogen) atoms. The number of hydrogen-bond acceptors (Lipinski definition) is 3. The Hall–Kier alpha value is -1.07. The van der Waals surface area contributed by atoms with Gasteiger partial charge in [-0.15, -0.1) is 0 Å². The molecule has 0 radical (unpaired) electrons. The number of carboxylic acid groups (broad SMARTS) is 1. The first kappa shape index (κ1) is 11.4. The minimum absolute atomic E-state index is 0.0374. The normalized spacial score (nSPS) is 19.4. The number of carbonyl (C=O) groups is 1. The van der Waals surface area contributed by atoms with E-state index < -0.39 is 20.9 Å². The molecule has 0 fully saturated rings. The van der Waals surface area contributed by atoms with Gasteiger partial charge in [-0.2, -0.15) is 0 Å². The van der Waals surface area contributed by atoms with Crippen LogP contribution in [0, 0.1) is 5.92 Å². The van der Waals surface area contributed by atoms with Gasteiger partial charge >= 0.3 is 5.97 Å². The molecular formula is C10H9ClO4S. The number of rotatable bonds is 2. The van der Waals surface area contributed by atoms with Crippen LogP contribution < -0.4 is 0 Å². The summed E-state index contributed by atoms with van der Waals surface area (Å²) in [6.45, 7) is 0. The second-order valence-electron chi connectivity index (χ2n) is 3.78. The van der Waals surface area contributed by atoms with E-state index in [-0.39, 0.29) is 11.3 Å². The Bertz CT molecular complexity index is 550. The average Bonchev–Trinajstić information content (AvgIpc) is 2.58. The SMILES string of the molecule is O=C(O)[C@H]1Cc2cccc(S(=O)(=O)Cl)c2C1. The van der Waals surface area contributed by atoms with Crippen LogP contribution in [0.15, 0.2) is 23.1 Å². The van der Waals surface area contributed by atoms with E-state index in [4.69, 9.17) is 15.8 Å². The molecule has 0 spiro atoms. The highest BCUT2D eigenvalue weighted by Gasteiger charge is 2.31. The van der Waals surface area contributed by atoms with Crippen LogP contribution in [0.4, 0.5) is 0 Å². The van der Waals surface area contributed by atoms with Crippen molar-refractivity contribution in [3.8, 4) is 0 Å². The molecule has 1 aromatic carbocycles. The fourth-order valence-corrected chi connectivity index (χ4v) is 3.20. The predicted octanol–water partition coefficient (Wildman–Crippen LogP) is 1.41. The van der Waals surface area contributed by atoms with Crippen molar-refractivity contribution in [2.45, 2.75) is 17.7 Å². The van der Waals surface area contributed by atoms with Crippen LogP contribution >= 0.6 is 10.7 Å². The summed E-state index contributed by atoms with van der Waals surface area (Å²) in [5.41, 5.74) is 1.30. The summed E-state index contributed by atoms with van der Waals surface area (Å²) < 4.78 is 22.6. The van der Waals surface area contributed by atoms with Crippen molar-refractivity contribution in [2.24, 2.45) is 5.92 Å². The monoisotopic (exact) mass is 260 g/mol. The standard InChI is InChI=1S/C10H9ClO4S/c11-16(14,15)9-3-1-2-6-4-7(10(12)13)5-8(6)9/h1-3,7H,4-5H2,(H,12,13)/t7-/m0/s1. The quantitative estimate of drug-likeness (QED) is 0.816. The van der Waals surface area contributed by atoms with E-state index in [9.17, 15) is 13.2 Å². The Morgan fingerprint density at radius 3 is 2.62 bits per heavy atom. The Labute approximate surface area is 97.3 Å². The van der Waals surface area contributed by atoms with E-state index in [1.54, 1.807) is 12.1 Å². The first-order valence-corrected chi connectivity index (χ1v) is 6.99. The largest absolute Gasteiger partial charge is 0.481 e. The van der Waals surface area contributed by atoms with Gasteiger partial charge in [-0.05, 0) is 30.0 Å². The minimum atomic E-state index is -3.80. The number of benzene rings is 1. The van der Waals surface area contributed by atoms with Crippen molar-refractivity contribution in [3.05, 3.63) is 29.3 Å². The number of fused-ring (bicyclic) bond motifs is 1. The van der Waals surface area contributed by atoms with Gasteiger partial charge in [0.15, 0.2) is 0 Å². The Balaban J connectivity index is 2.51. The lowest BCUT2D eigenvalue weighted by atomic mass is 10.1. The molecule has 4 nitrogen and oxygen atoms in total. The van der Waals surface area contributed by atoms with Crippen LogP contribution in [0.2, 0.25) is 0 Å². The summed E-state index contributed by atoms with van der Waals surface area (Å²) in [5.74, 6) is -1.45.